The molecule has 1 saturated heterocycles. The highest BCUT2D eigenvalue weighted by molar-refractivity contribution is 9.48. The number of carbonyl (C=O) groups excluding carboxylic acids is 1. The second kappa shape index (κ2) is 11.7. The van der Waals surface area contributed by atoms with Gasteiger partial charge >= 0.3 is 12.1 Å². The zero-order valence-electron chi connectivity index (χ0n) is 19.2. The van der Waals surface area contributed by atoms with Gasteiger partial charge in [0.05, 0.1) is 16.0 Å². The Hall–Kier alpha value is -2.20. The van der Waals surface area contributed by atoms with Crippen molar-refractivity contribution in [1.29, 1.82) is 0 Å². The van der Waals surface area contributed by atoms with Gasteiger partial charge in [-0.1, -0.05) is 51.7 Å². The molecule has 37 heavy (non-hydrogen) atoms. The summed E-state index contributed by atoms with van der Waals surface area (Å²) in [6, 6.07) is 19.3. The molecule has 0 aromatic heterocycles. The number of benzene rings is 3. The molecule has 3 N–H and O–H groups in total. The molecule has 1 aliphatic rings. The molecule has 0 unspecified atom stereocenters. The number of hydrogen-bond acceptors (Lipinski definition) is 10. The minimum Gasteiger partial charge on any atom is -0.507 e. The van der Waals surface area contributed by atoms with Crippen LogP contribution < -0.4 is 25.4 Å². The maximum atomic E-state index is 11.9. The molecule has 0 aliphatic carbocycles. The monoisotopic (exact) mass is 613 g/mol. The van der Waals surface area contributed by atoms with Crippen LogP contribution in [0.3, 0.4) is 0 Å². The van der Waals surface area contributed by atoms with Crippen molar-refractivity contribution >= 4 is 77.2 Å². The Balaban J connectivity index is 1.23. The van der Waals surface area contributed by atoms with Crippen molar-refractivity contribution in [2.75, 3.05) is 13.9 Å². The number of rotatable bonds is 9. The van der Waals surface area contributed by atoms with Crippen LogP contribution in [0.15, 0.2) is 66.7 Å². The second-order valence-corrected chi connectivity index (χ2v) is 28.8. The van der Waals surface area contributed by atoms with E-state index in [2.05, 4.69) is 5.32 Å². The molecule has 14 heteroatoms. The third-order valence-electron chi connectivity index (χ3n) is 5.12. The minimum absolute atomic E-state index is 0.0461. The molecule has 3 aromatic rings. The van der Waals surface area contributed by atoms with Crippen LogP contribution in [0, 0.1) is 0 Å². The lowest BCUT2D eigenvalue weighted by atomic mass is 10.1. The number of carboxylic acids is 1. The molecule has 194 valence electrons. The zero-order chi connectivity index (χ0) is 26.6. The summed E-state index contributed by atoms with van der Waals surface area (Å²) in [7, 11) is 1.63. The number of aromatic carboxylic acids is 1. The highest BCUT2D eigenvalue weighted by Crippen LogP contribution is 3.04. The van der Waals surface area contributed by atoms with E-state index in [1.165, 1.54) is 18.2 Å². The molecule has 0 bridgehead atoms. The Kier molecular flexibility index (Phi) is 8.78. The molecule has 3 aromatic carbocycles. The second-order valence-electron chi connectivity index (χ2n) is 7.55. The van der Waals surface area contributed by atoms with Crippen molar-refractivity contribution in [1.82, 2.24) is 5.32 Å². The Morgan fingerprint density at radius 3 is 2.00 bits per heavy atom. The van der Waals surface area contributed by atoms with Crippen molar-refractivity contribution in [3.8, 4) is 17.2 Å². The summed E-state index contributed by atoms with van der Waals surface area (Å²) >= 11 is 15.4. The van der Waals surface area contributed by atoms with E-state index in [1.807, 2.05) is 36.4 Å². The van der Waals surface area contributed by atoms with Crippen molar-refractivity contribution in [3.63, 3.8) is 0 Å². The van der Waals surface area contributed by atoms with Crippen LogP contribution in [-0.4, -0.2) is 36.2 Å². The van der Waals surface area contributed by atoms with Crippen LogP contribution in [0.1, 0.15) is 15.9 Å². The van der Waals surface area contributed by atoms with Gasteiger partial charge in [0.1, 0.15) is 22.8 Å². The number of carboxylic acid groups (broad SMARTS) is 1. The van der Waals surface area contributed by atoms with Gasteiger partial charge in [0.2, 0.25) is 6.79 Å². The average molecular weight is 614 g/mol. The third kappa shape index (κ3) is 6.63. The highest BCUT2D eigenvalue weighted by Gasteiger charge is 2.45. The molecular formula is C23H21NO7P2S4. The largest absolute Gasteiger partial charge is 0.507 e. The van der Waals surface area contributed by atoms with E-state index in [4.69, 9.17) is 42.9 Å². The molecule has 1 aliphatic heterocycles. The standard InChI is InChI=1S/C23H21NO7P2S4/c1-29-16-3-7-18(8-4-16)32(34)36-33(35,37-32)19-9-5-17(6-10-19)30-14-31-23(28)24-13-15-2-11-20(22(26)27)21(25)12-15/h2-12,25H,13-14H2,1H3,(H,24,28)(H,26,27). The van der Waals surface area contributed by atoms with Crippen molar-refractivity contribution in [2.45, 2.75) is 6.54 Å². The first-order valence-corrected chi connectivity index (χ1v) is 20.2. The summed E-state index contributed by atoms with van der Waals surface area (Å²) in [4.78, 5) is 22.9. The molecule has 4 rings (SSSR count). The summed E-state index contributed by atoms with van der Waals surface area (Å²) in [5, 5.41) is 23.3. The van der Waals surface area contributed by atoms with Gasteiger partial charge in [-0.15, -0.1) is 0 Å². The van der Waals surface area contributed by atoms with E-state index in [0.29, 0.717) is 11.3 Å². The molecule has 0 atom stereocenters. The SMILES string of the molecule is COc1ccc(P2(=S)SP(=S)(c3ccc(OCOC(=O)NCc4ccc(C(=O)O)c(O)c4)cc3)S2)cc1. The van der Waals surface area contributed by atoms with Crippen molar-refractivity contribution in [3.05, 3.63) is 77.9 Å². The Bertz CT molecular complexity index is 1400. The fourth-order valence-electron chi connectivity index (χ4n) is 3.21. The van der Waals surface area contributed by atoms with Gasteiger partial charge in [-0.05, 0) is 66.2 Å². The Labute approximate surface area is 231 Å². The minimum atomic E-state index is -1.88. The van der Waals surface area contributed by atoms with E-state index in [0.717, 1.165) is 16.4 Å². The predicted octanol–water partition coefficient (Wildman–Crippen LogP) is 5.41. The first-order valence-electron chi connectivity index (χ1n) is 10.6. The van der Waals surface area contributed by atoms with Crippen LogP contribution in [-0.2, 0) is 34.9 Å². The van der Waals surface area contributed by atoms with Gasteiger partial charge in [-0.25, -0.2) is 9.59 Å². The normalized spacial score (nSPS) is 20.4. The van der Waals surface area contributed by atoms with Crippen LogP contribution in [0.25, 0.3) is 0 Å². The van der Waals surface area contributed by atoms with Gasteiger partial charge in [0.15, 0.2) is 0 Å². The quantitative estimate of drug-likeness (QED) is 0.213. The number of carbonyl (C=O) groups is 2. The lowest BCUT2D eigenvalue weighted by molar-refractivity contribution is 0.0591. The van der Waals surface area contributed by atoms with E-state index in [9.17, 15) is 14.7 Å². The number of nitrogens with one attached hydrogen (secondary N) is 1. The summed E-state index contributed by atoms with van der Waals surface area (Å²) in [6.07, 6.45) is -0.722. The van der Waals surface area contributed by atoms with Gasteiger partial charge < -0.3 is 29.7 Å². The van der Waals surface area contributed by atoms with Crippen molar-refractivity contribution < 1.29 is 34.0 Å². The first kappa shape index (κ1) is 27.8. The molecule has 0 radical (unpaired) electrons. The van der Waals surface area contributed by atoms with Gasteiger partial charge in [-0.2, -0.15) is 0 Å². The van der Waals surface area contributed by atoms with Crippen LogP contribution in [0.2, 0.25) is 0 Å². The van der Waals surface area contributed by atoms with E-state index in [1.54, 1.807) is 41.2 Å². The Morgan fingerprint density at radius 2 is 1.49 bits per heavy atom. The zero-order valence-corrected chi connectivity index (χ0v) is 24.3. The maximum Gasteiger partial charge on any atom is 0.410 e. The molecule has 0 spiro atoms. The topological polar surface area (TPSA) is 114 Å². The summed E-state index contributed by atoms with van der Waals surface area (Å²) < 4.78 is 12.0. The number of hydrogen-bond donors (Lipinski definition) is 3. The fraction of sp³-hybridized carbons (Fsp3) is 0.130. The van der Waals surface area contributed by atoms with Gasteiger partial charge in [0, 0.05) is 17.2 Å². The number of amides is 1. The smallest absolute Gasteiger partial charge is 0.410 e. The third-order valence-corrected chi connectivity index (χ3v) is 36.4. The number of ether oxygens (including phenoxy) is 3. The van der Waals surface area contributed by atoms with Crippen LogP contribution in [0.4, 0.5) is 4.79 Å². The van der Waals surface area contributed by atoms with Gasteiger partial charge in [-0.3, -0.25) is 0 Å². The lowest BCUT2D eigenvalue weighted by Crippen LogP contribution is -2.25. The molecule has 1 amide bonds. The van der Waals surface area contributed by atoms with Crippen LogP contribution in [0.5, 0.6) is 17.2 Å². The number of aromatic hydroxyl groups is 1. The fourth-order valence-corrected chi connectivity index (χ4v) is 45.5. The van der Waals surface area contributed by atoms with E-state index in [-0.39, 0.29) is 24.7 Å². The Morgan fingerprint density at radius 1 is 0.919 bits per heavy atom. The number of phenols is 1. The van der Waals surface area contributed by atoms with Crippen LogP contribution >= 0.6 is 30.9 Å². The number of alkyl carbamates (subject to hydrolysis) is 1. The average Bonchev–Trinajstić information content (AvgIpc) is 2.87. The lowest BCUT2D eigenvalue weighted by Gasteiger charge is -2.40. The summed E-state index contributed by atoms with van der Waals surface area (Å²) in [5.74, 6) is -0.294. The first-order chi connectivity index (χ1) is 17.6. The predicted molar refractivity (Wildman–Crippen MR) is 156 cm³/mol. The van der Waals surface area contributed by atoms with E-state index >= 15 is 0 Å². The molecule has 1 heterocycles. The highest BCUT2D eigenvalue weighted by atomic mass is 33.7. The van der Waals surface area contributed by atoms with E-state index < -0.39 is 20.9 Å². The molecule has 1 fully saturated rings. The van der Waals surface area contributed by atoms with Gasteiger partial charge in [0.25, 0.3) is 0 Å². The van der Waals surface area contributed by atoms with Crippen molar-refractivity contribution in [2.24, 2.45) is 0 Å². The maximum absolute atomic E-state index is 11.9. The summed E-state index contributed by atoms with van der Waals surface area (Å²) in [6.45, 7) is -0.255. The molecular weight excluding hydrogens is 592 g/mol. The molecule has 0 saturated carbocycles. The number of methoxy groups -OCH3 is 1. The summed E-state index contributed by atoms with van der Waals surface area (Å²) in [5.41, 5.74) is 0.299. The molecule has 8 nitrogen and oxygen atoms in total.